The first kappa shape index (κ1) is 14.0. The van der Waals surface area contributed by atoms with Gasteiger partial charge in [-0.1, -0.05) is 50.0 Å². The number of hydrogen-bond donors (Lipinski definition) is 1. The zero-order valence-electron chi connectivity index (χ0n) is 10.8. The lowest BCUT2D eigenvalue weighted by Crippen LogP contribution is -2.39. The maximum Gasteiger partial charge on any atom is 0.220 e. The van der Waals surface area contributed by atoms with Gasteiger partial charge in [0, 0.05) is 17.3 Å². The molecular weight excluding hydrogens is 266 g/mol. The van der Waals surface area contributed by atoms with Crippen LogP contribution >= 0.6 is 15.9 Å². The van der Waals surface area contributed by atoms with Gasteiger partial charge in [-0.05, 0) is 24.2 Å². The van der Waals surface area contributed by atoms with Gasteiger partial charge < -0.3 is 5.32 Å². The molecule has 0 radical (unpaired) electrons. The SMILES string of the molecule is CC(CC(=O)NC1CCCC1Br)C(C)(C)C. The summed E-state index contributed by atoms with van der Waals surface area (Å²) < 4.78 is 0. The highest BCUT2D eigenvalue weighted by Gasteiger charge is 2.28. The smallest absolute Gasteiger partial charge is 0.220 e. The highest BCUT2D eigenvalue weighted by molar-refractivity contribution is 9.09. The average molecular weight is 290 g/mol. The van der Waals surface area contributed by atoms with Crippen molar-refractivity contribution in [1.82, 2.24) is 5.32 Å². The second kappa shape index (κ2) is 5.52. The van der Waals surface area contributed by atoms with Crippen LogP contribution in [0.1, 0.15) is 53.4 Å². The number of nitrogens with one attached hydrogen (secondary N) is 1. The Hall–Kier alpha value is -0.0500. The summed E-state index contributed by atoms with van der Waals surface area (Å²) >= 11 is 3.62. The van der Waals surface area contributed by atoms with Crippen molar-refractivity contribution >= 4 is 21.8 Å². The van der Waals surface area contributed by atoms with Crippen molar-refractivity contribution in [2.24, 2.45) is 11.3 Å². The van der Waals surface area contributed by atoms with Gasteiger partial charge in [-0.25, -0.2) is 0 Å². The summed E-state index contributed by atoms with van der Waals surface area (Å²) in [7, 11) is 0. The van der Waals surface area contributed by atoms with Gasteiger partial charge in [0.2, 0.25) is 5.91 Å². The zero-order chi connectivity index (χ0) is 12.3. The Morgan fingerprint density at radius 3 is 2.50 bits per heavy atom. The van der Waals surface area contributed by atoms with E-state index in [9.17, 15) is 4.79 Å². The fraction of sp³-hybridized carbons (Fsp3) is 0.923. The Bertz CT molecular complexity index is 241. The van der Waals surface area contributed by atoms with Crippen LogP contribution in [0.5, 0.6) is 0 Å². The van der Waals surface area contributed by atoms with E-state index in [2.05, 4.69) is 48.9 Å². The molecule has 94 valence electrons. The third-order valence-electron chi connectivity index (χ3n) is 3.75. The third-order valence-corrected chi connectivity index (χ3v) is 4.84. The monoisotopic (exact) mass is 289 g/mol. The Morgan fingerprint density at radius 2 is 2.06 bits per heavy atom. The van der Waals surface area contributed by atoms with Crippen LogP contribution in [0.3, 0.4) is 0 Å². The highest BCUT2D eigenvalue weighted by atomic mass is 79.9. The average Bonchev–Trinajstić information content (AvgIpc) is 2.50. The molecular formula is C13H24BrNO. The lowest BCUT2D eigenvalue weighted by molar-refractivity contribution is -0.123. The van der Waals surface area contributed by atoms with Crippen LogP contribution in [0, 0.1) is 11.3 Å². The molecule has 1 fully saturated rings. The van der Waals surface area contributed by atoms with Crippen LogP contribution in [-0.4, -0.2) is 16.8 Å². The summed E-state index contributed by atoms with van der Waals surface area (Å²) in [6.45, 7) is 8.72. The molecule has 3 heteroatoms. The van der Waals surface area contributed by atoms with Crippen LogP contribution in [0.2, 0.25) is 0 Å². The molecule has 1 N–H and O–H groups in total. The first-order valence-electron chi connectivity index (χ1n) is 6.24. The summed E-state index contributed by atoms with van der Waals surface area (Å²) in [5.74, 6) is 0.626. The molecule has 1 amide bonds. The molecule has 0 spiro atoms. The Morgan fingerprint density at radius 1 is 1.44 bits per heavy atom. The van der Waals surface area contributed by atoms with Gasteiger partial charge in [0.25, 0.3) is 0 Å². The molecule has 1 rings (SSSR count). The first-order chi connectivity index (χ1) is 7.30. The van der Waals surface area contributed by atoms with E-state index in [0.29, 0.717) is 23.2 Å². The molecule has 1 aliphatic carbocycles. The van der Waals surface area contributed by atoms with Gasteiger partial charge in [-0.3, -0.25) is 4.79 Å². The Kier molecular flexibility index (Phi) is 4.84. The van der Waals surface area contributed by atoms with Crippen molar-refractivity contribution in [3.8, 4) is 0 Å². The van der Waals surface area contributed by atoms with E-state index in [1.165, 1.54) is 12.8 Å². The fourth-order valence-corrected chi connectivity index (χ4v) is 2.65. The standard InChI is InChI=1S/C13H24BrNO/c1-9(13(2,3)4)8-12(16)15-11-7-5-6-10(11)14/h9-11H,5-8H2,1-4H3,(H,15,16). The normalized spacial score (nSPS) is 27.8. The molecule has 0 bridgehead atoms. The molecule has 0 aliphatic heterocycles. The van der Waals surface area contributed by atoms with Crippen molar-refractivity contribution < 1.29 is 4.79 Å². The van der Waals surface area contributed by atoms with Crippen LogP contribution < -0.4 is 5.32 Å². The second-order valence-electron chi connectivity index (χ2n) is 6.09. The van der Waals surface area contributed by atoms with Crippen molar-refractivity contribution in [2.75, 3.05) is 0 Å². The summed E-state index contributed by atoms with van der Waals surface area (Å²) in [5, 5.41) is 3.15. The van der Waals surface area contributed by atoms with Crippen LogP contribution in [0.4, 0.5) is 0 Å². The maximum atomic E-state index is 11.9. The highest BCUT2D eigenvalue weighted by Crippen LogP contribution is 2.29. The number of carbonyl (C=O) groups excluding carboxylic acids is 1. The number of halogens is 1. The van der Waals surface area contributed by atoms with Gasteiger partial charge in [0.15, 0.2) is 0 Å². The fourth-order valence-electron chi connectivity index (χ4n) is 1.93. The van der Waals surface area contributed by atoms with Crippen LogP contribution in [-0.2, 0) is 4.79 Å². The maximum absolute atomic E-state index is 11.9. The minimum Gasteiger partial charge on any atom is -0.352 e. The summed E-state index contributed by atoms with van der Waals surface area (Å²) in [5.41, 5.74) is 0.209. The van der Waals surface area contributed by atoms with Gasteiger partial charge in [-0.15, -0.1) is 0 Å². The molecule has 16 heavy (non-hydrogen) atoms. The molecule has 3 unspecified atom stereocenters. The van der Waals surface area contributed by atoms with Gasteiger partial charge in [-0.2, -0.15) is 0 Å². The molecule has 0 aromatic heterocycles. The Balaban J connectivity index is 2.36. The van der Waals surface area contributed by atoms with Gasteiger partial charge >= 0.3 is 0 Å². The van der Waals surface area contributed by atoms with E-state index in [0.717, 1.165) is 6.42 Å². The van der Waals surface area contributed by atoms with Gasteiger partial charge in [0.1, 0.15) is 0 Å². The van der Waals surface area contributed by atoms with E-state index in [-0.39, 0.29) is 11.3 Å². The molecule has 0 aromatic rings. The molecule has 0 saturated heterocycles. The quantitative estimate of drug-likeness (QED) is 0.792. The zero-order valence-corrected chi connectivity index (χ0v) is 12.4. The number of alkyl halides is 1. The van der Waals surface area contributed by atoms with E-state index in [4.69, 9.17) is 0 Å². The second-order valence-corrected chi connectivity index (χ2v) is 7.27. The van der Waals surface area contributed by atoms with E-state index < -0.39 is 0 Å². The molecule has 3 atom stereocenters. The number of rotatable bonds is 3. The van der Waals surface area contributed by atoms with E-state index >= 15 is 0 Å². The number of hydrogen-bond acceptors (Lipinski definition) is 1. The van der Waals surface area contributed by atoms with Crippen molar-refractivity contribution in [3.05, 3.63) is 0 Å². The minimum absolute atomic E-state index is 0.207. The van der Waals surface area contributed by atoms with Crippen molar-refractivity contribution in [3.63, 3.8) is 0 Å². The molecule has 1 saturated carbocycles. The van der Waals surface area contributed by atoms with Crippen LogP contribution in [0.15, 0.2) is 0 Å². The molecule has 1 aliphatic rings. The predicted molar refractivity (Wildman–Crippen MR) is 71.7 cm³/mol. The van der Waals surface area contributed by atoms with E-state index in [1.54, 1.807) is 0 Å². The molecule has 2 nitrogen and oxygen atoms in total. The number of carbonyl (C=O) groups is 1. The third kappa shape index (κ3) is 4.08. The van der Waals surface area contributed by atoms with Crippen LogP contribution in [0.25, 0.3) is 0 Å². The van der Waals surface area contributed by atoms with Crippen molar-refractivity contribution in [1.29, 1.82) is 0 Å². The summed E-state index contributed by atoms with van der Waals surface area (Å²) in [4.78, 5) is 12.3. The van der Waals surface area contributed by atoms with E-state index in [1.807, 2.05) is 0 Å². The minimum atomic E-state index is 0.207. The summed E-state index contributed by atoms with van der Waals surface area (Å²) in [6.07, 6.45) is 4.15. The first-order valence-corrected chi connectivity index (χ1v) is 7.15. The lowest BCUT2D eigenvalue weighted by Gasteiger charge is -2.27. The lowest BCUT2D eigenvalue weighted by atomic mass is 9.80. The predicted octanol–water partition coefficient (Wildman–Crippen LogP) is 3.49. The molecule has 0 aromatic carbocycles. The topological polar surface area (TPSA) is 29.1 Å². The Labute approximate surface area is 108 Å². The summed E-state index contributed by atoms with van der Waals surface area (Å²) in [6, 6.07) is 0.347. The van der Waals surface area contributed by atoms with Gasteiger partial charge in [0.05, 0.1) is 0 Å². The molecule has 0 heterocycles. The number of amides is 1. The largest absolute Gasteiger partial charge is 0.352 e. The van der Waals surface area contributed by atoms with Crippen molar-refractivity contribution in [2.45, 2.75) is 64.2 Å².